The fourth-order valence-corrected chi connectivity index (χ4v) is 8.76. The van der Waals surface area contributed by atoms with Gasteiger partial charge in [-0.2, -0.15) is 0 Å². The third-order valence-electron chi connectivity index (χ3n) is 13.3. The molecular formula is C63H114O6. The molecule has 0 bridgehead atoms. The fraction of sp³-hybridized carbons (Fsp3) is 0.825. The van der Waals surface area contributed by atoms with Crippen molar-refractivity contribution in [1.29, 1.82) is 0 Å². The predicted octanol–water partition coefficient (Wildman–Crippen LogP) is 20.2. The average molecular weight is 968 g/mol. The molecule has 0 rings (SSSR count). The van der Waals surface area contributed by atoms with E-state index in [-0.39, 0.29) is 31.1 Å². The van der Waals surface area contributed by atoms with Crippen molar-refractivity contribution in [3.8, 4) is 0 Å². The molecule has 1 atom stereocenters. The van der Waals surface area contributed by atoms with Crippen LogP contribution in [0.15, 0.2) is 48.6 Å². The van der Waals surface area contributed by atoms with Crippen molar-refractivity contribution in [1.82, 2.24) is 0 Å². The molecule has 0 heterocycles. The molecule has 0 aliphatic heterocycles. The third-order valence-corrected chi connectivity index (χ3v) is 13.3. The number of ether oxygens (including phenoxy) is 3. The predicted molar refractivity (Wildman–Crippen MR) is 298 cm³/mol. The molecule has 0 spiro atoms. The molecule has 6 nitrogen and oxygen atoms in total. The highest BCUT2D eigenvalue weighted by molar-refractivity contribution is 5.71. The first-order valence-electron chi connectivity index (χ1n) is 30.1. The van der Waals surface area contributed by atoms with Crippen molar-refractivity contribution >= 4 is 17.9 Å². The maximum atomic E-state index is 12.8. The second-order valence-electron chi connectivity index (χ2n) is 20.3. The van der Waals surface area contributed by atoms with E-state index >= 15 is 0 Å². The van der Waals surface area contributed by atoms with Crippen molar-refractivity contribution in [2.24, 2.45) is 0 Å². The van der Waals surface area contributed by atoms with E-state index in [1.807, 2.05) is 0 Å². The Morgan fingerprint density at radius 1 is 0.290 bits per heavy atom. The maximum Gasteiger partial charge on any atom is 0.306 e. The first kappa shape index (κ1) is 66.4. The number of unbranched alkanes of at least 4 members (excludes halogenated alkanes) is 36. The molecule has 0 aromatic heterocycles. The van der Waals surface area contributed by atoms with Crippen LogP contribution in [0.5, 0.6) is 0 Å². The Labute approximate surface area is 428 Å². The highest BCUT2D eigenvalue weighted by Crippen LogP contribution is 2.17. The molecule has 0 aromatic carbocycles. The zero-order valence-electron chi connectivity index (χ0n) is 46.1. The minimum atomic E-state index is -0.784. The van der Waals surface area contributed by atoms with Crippen LogP contribution in [0.2, 0.25) is 0 Å². The van der Waals surface area contributed by atoms with Crippen LogP contribution < -0.4 is 0 Å². The lowest BCUT2D eigenvalue weighted by Crippen LogP contribution is -2.30. The van der Waals surface area contributed by atoms with Crippen molar-refractivity contribution in [2.45, 2.75) is 322 Å². The van der Waals surface area contributed by atoms with E-state index in [1.165, 1.54) is 161 Å². The molecule has 0 aliphatic rings. The van der Waals surface area contributed by atoms with Gasteiger partial charge in [0.15, 0.2) is 6.10 Å². The lowest BCUT2D eigenvalue weighted by molar-refractivity contribution is -0.167. The largest absolute Gasteiger partial charge is 0.462 e. The topological polar surface area (TPSA) is 78.9 Å². The summed E-state index contributed by atoms with van der Waals surface area (Å²) < 4.78 is 16.8. The summed E-state index contributed by atoms with van der Waals surface area (Å²) >= 11 is 0. The van der Waals surface area contributed by atoms with E-state index in [1.54, 1.807) is 0 Å². The van der Waals surface area contributed by atoms with Gasteiger partial charge in [-0.3, -0.25) is 14.4 Å². The van der Waals surface area contributed by atoms with Crippen molar-refractivity contribution in [2.75, 3.05) is 13.2 Å². The Kier molecular flexibility index (Phi) is 55.7. The van der Waals surface area contributed by atoms with Gasteiger partial charge in [0.2, 0.25) is 0 Å². The molecule has 6 heteroatoms. The molecule has 0 saturated heterocycles. The van der Waals surface area contributed by atoms with Crippen LogP contribution in [0.3, 0.4) is 0 Å². The monoisotopic (exact) mass is 967 g/mol. The van der Waals surface area contributed by atoms with E-state index in [9.17, 15) is 14.4 Å². The maximum absolute atomic E-state index is 12.8. The number of allylic oxidation sites excluding steroid dienone is 8. The van der Waals surface area contributed by atoms with Crippen LogP contribution >= 0.6 is 0 Å². The number of rotatable bonds is 55. The minimum absolute atomic E-state index is 0.0807. The Hall–Kier alpha value is -2.63. The van der Waals surface area contributed by atoms with Gasteiger partial charge in [0.05, 0.1) is 0 Å². The van der Waals surface area contributed by atoms with Gasteiger partial charge in [0.1, 0.15) is 13.2 Å². The first-order chi connectivity index (χ1) is 34.0. The van der Waals surface area contributed by atoms with Gasteiger partial charge in [-0.25, -0.2) is 0 Å². The molecule has 0 aromatic rings. The molecule has 0 saturated carbocycles. The molecule has 1 unspecified atom stereocenters. The van der Waals surface area contributed by atoms with Gasteiger partial charge in [-0.05, 0) is 70.6 Å². The molecule has 402 valence electrons. The lowest BCUT2D eigenvalue weighted by Gasteiger charge is -2.18. The van der Waals surface area contributed by atoms with Crippen LogP contribution in [-0.2, 0) is 28.6 Å². The summed E-state index contributed by atoms with van der Waals surface area (Å²) in [6.45, 7) is 6.53. The molecule has 0 amide bonds. The number of hydrogen-bond acceptors (Lipinski definition) is 6. The number of carbonyl (C=O) groups is 3. The standard InChI is InChI=1S/C63H114O6/c1-4-7-10-13-16-19-22-25-26-27-28-29-30-31-32-33-34-35-36-39-41-44-47-50-53-56-62(65)68-59-60(69-63(66)57-54-51-48-45-42-38-24-21-18-15-12-9-6-3)58-67-61(64)55-52-49-46-43-40-37-23-20-17-14-11-8-5-2/h11-12,14-15,20-21,23-24,60H,4-10,13,16-19,22,25-59H2,1-3H3/b14-11-,15-12-,23-20-,24-21-. The van der Waals surface area contributed by atoms with Crippen molar-refractivity contribution < 1.29 is 28.6 Å². The average Bonchev–Trinajstić information content (AvgIpc) is 3.35. The molecule has 0 aliphatic carbocycles. The number of carbonyl (C=O) groups excluding carboxylic acids is 3. The second-order valence-corrected chi connectivity index (χ2v) is 20.3. The quantitative estimate of drug-likeness (QED) is 0.0262. The summed E-state index contributed by atoms with van der Waals surface area (Å²) in [7, 11) is 0. The fourth-order valence-electron chi connectivity index (χ4n) is 8.76. The molecule has 69 heavy (non-hydrogen) atoms. The normalized spacial score (nSPS) is 12.3. The Morgan fingerprint density at radius 2 is 0.551 bits per heavy atom. The van der Waals surface area contributed by atoms with Gasteiger partial charge in [0.25, 0.3) is 0 Å². The lowest BCUT2D eigenvalue weighted by atomic mass is 10.0. The highest BCUT2D eigenvalue weighted by atomic mass is 16.6. The van der Waals surface area contributed by atoms with Crippen LogP contribution in [0.25, 0.3) is 0 Å². The highest BCUT2D eigenvalue weighted by Gasteiger charge is 2.19. The van der Waals surface area contributed by atoms with Crippen molar-refractivity contribution in [3.05, 3.63) is 48.6 Å². The first-order valence-corrected chi connectivity index (χ1v) is 30.1. The Bertz CT molecular complexity index is 1200. The Morgan fingerprint density at radius 3 is 0.855 bits per heavy atom. The van der Waals surface area contributed by atoms with Crippen LogP contribution in [0.4, 0.5) is 0 Å². The van der Waals surface area contributed by atoms with E-state index in [0.717, 1.165) is 116 Å². The van der Waals surface area contributed by atoms with E-state index in [0.29, 0.717) is 19.3 Å². The zero-order chi connectivity index (χ0) is 50.0. The second kappa shape index (κ2) is 57.9. The molecular weight excluding hydrogens is 853 g/mol. The summed E-state index contributed by atoms with van der Waals surface area (Å²) in [4.78, 5) is 38.1. The summed E-state index contributed by atoms with van der Waals surface area (Å²) in [5.41, 5.74) is 0. The van der Waals surface area contributed by atoms with Crippen LogP contribution in [0, 0.1) is 0 Å². The van der Waals surface area contributed by atoms with Gasteiger partial charge in [-0.1, -0.05) is 275 Å². The SMILES string of the molecule is CCC/C=C\C/C=C\CCCCCCCC(=O)OCC(COC(=O)CCCCCCCCCCCCCCCCCCCCCCCCCCC)OC(=O)CCCCCCC/C=C\C/C=C\CCC. The van der Waals surface area contributed by atoms with Gasteiger partial charge >= 0.3 is 17.9 Å². The van der Waals surface area contributed by atoms with Crippen LogP contribution in [0.1, 0.15) is 316 Å². The molecule has 0 N–H and O–H groups in total. The third kappa shape index (κ3) is 56.2. The minimum Gasteiger partial charge on any atom is -0.462 e. The Balaban J connectivity index is 4.21. The summed E-state index contributed by atoms with van der Waals surface area (Å²) in [6.07, 6.45) is 71.2. The molecule has 0 fully saturated rings. The van der Waals surface area contributed by atoms with Gasteiger partial charge in [-0.15, -0.1) is 0 Å². The zero-order valence-corrected chi connectivity index (χ0v) is 46.1. The van der Waals surface area contributed by atoms with E-state index < -0.39 is 6.10 Å². The summed E-state index contributed by atoms with van der Waals surface area (Å²) in [5, 5.41) is 0. The van der Waals surface area contributed by atoms with Gasteiger partial charge < -0.3 is 14.2 Å². The van der Waals surface area contributed by atoms with E-state index in [4.69, 9.17) is 14.2 Å². The number of esters is 3. The van der Waals surface area contributed by atoms with Gasteiger partial charge in [0, 0.05) is 19.3 Å². The smallest absolute Gasteiger partial charge is 0.306 e. The number of hydrogen-bond donors (Lipinski definition) is 0. The molecule has 0 radical (unpaired) electrons. The summed E-state index contributed by atoms with van der Waals surface area (Å²) in [6, 6.07) is 0. The van der Waals surface area contributed by atoms with E-state index in [2.05, 4.69) is 69.4 Å². The van der Waals surface area contributed by atoms with Crippen LogP contribution in [-0.4, -0.2) is 37.2 Å². The summed E-state index contributed by atoms with van der Waals surface area (Å²) in [5.74, 6) is -0.896. The van der Waals surface area contributed by atoms with Crippen molar-refractivity contribution in [3.63, 3.8) is 0 Å².